The molecule has 1 aromatic heterocycles. The summed E-state index contributed by atoms with van der Waals surface area (Å²) in [6.45, 7) is 4.76. The summed E-state index contributed by atoms with van der Waals surface area (Å²) in [6, 6.07) is 42.9. The Hall–Kier alpha value is -5.34. The second-order valence-corrected chi connectivity index (χ2v) is 11.0. The first kappa shape index (κ1) is 24.5. The standard InChI is InChI=1S/C40H28N2/c1-27-15-4-2-5-17-29-18-9-12-25-34(29)40(27)35-26-13-11-23-33(35)36-37(32-24-14-21-28-16-8-10-22-31(28)32)41-39(42-38(36)40)30-19-6-3-7-20-30/h2-16,18-26H,1,17H2/b5-2-,15-4-. The third-order valence-corrected chi connectivity index (χ3v) is 8.73. The zero-order chi connectivity index (χ0) is 28.1. The van der Waals surface area contributed by atoms with Gasteiger partial charge in [0.15, 0.2) is 5.82 Å². The number of fused-ring (bicyclic) bond motifs is 8. The fourth-order valence-corrected chi connectivity index (χ4v) is 6.89. The fourth-order valence-electron chi connectivity index (χ4n) is 6.89. The van der Waals surface area contributed by atoms with Crippen molar-refractivity contribution in [2.75, 3.05) is 0 Å². The van der Waals surface area contributed by atoms with Gasteiger partial charge in [-0.25, -0.2) is 9.97 Å². The number of allylic oxidation sites excluding steroid dienone is 5. The van der Waals surface area contributed by atoms with Gasteiger partial charge in [-0.3, -0.25) is 0 Å². The van der Waals surface area contributed by atoms with Gasteiger partial charge in [-0.15, -0.1) is 0 Å². The zero-order valence-corrected chi connectivity index (χ0v) is 23.2. The van der Waals surface area contributed by atoms with Gasteiger partial charge in [0.1, 0.15) is 0 Å². The predicted molar refractivity (Wildman–Crippen MR) is 173 cm³/mol. The summed E-state index contributed by atoms with van der Waals surface area (Å²) in [5.74, 6) is 0.719. The van der Waals surface area contributed by atoms with Gasteiger partial charge in [0.05, 0.1) is 16.8 Å². The summed E-state index contributed by atoms with van der Waals surface area (Å²) in [5.41, 5.74) is 10.3. The van der Waals surface area contributed by atoms with Gasteiger partial charge >= 0.3 is 0 Å². The Morgan fingerprint density at radius 3 is 2.24 bits per heavy atom. The van der Waals surface area contributed by atoms with Gasteiger partial charge in [-0.05, 0) is 45.0 Å². The molecule has 1 unspecified atom stereocenters. The summed E-state index contributed by atoms with van der Waals surface area (Å²) < 4.78 is 0. The van der Waals surface area contributed by atoms with E-state index in [1.165, 1.54) is 27.5 Å². The van der Waals surface area contributed by atoms with E-state index in [4.69, 9.17) is 16.5 Å². The van der Waals surface area contributed by atoms with Crippen molar-refractivity contribution in [3.63, 3.8) is 0 Å². The first-order chi connectivity index (χ1) is 20.8. The Kier molecular flexibility index (Phi) is 5.61. The van der Waals surface area contributed by atoms with Crippen LogP contribution in [0.1, 0.15) is 22.4 Å². The first-order valence-corrected chi connectivity index (χ1v) is 14.4. The number of hydrogen-bond acceptors (Lipinski definition) is 2. The molecule has 2 nitrogen and oxygen atoms in total. The molecule has 0 aliphatic heterocycles. The van der Waals surface area contributed by atoms with E-state index in [9.17, 15) is 0 Å². The van der Waals surface area contributed by atoms with Crippen molar-refractivity contribution >= 4 is 10.8 Å². The molecule has 2 aliphatic carbocycles. The van der Waals surface area contributed by atoms with Crippen LogP contribution in [-0.2, 0) is 11.8 Å². The first-order valence-electron chi connectivity index (χ1n) is 14.4. The minimum Gasteiger partial charge on any atom is -0.231 e. The van der Waals surface area contributed by atoms with E-state index in [0.717, 1.165) is 51.5 Å². The zero-order valence-electron chi connectivity index (χ0n) is 23.2. The Labute approximate surface area is 246 Å². The Morgan fingerprint density at radius 2 is 1.33 bits per heavy atom. The molecular weight excluding hydrogens is 508 g/mol. The van der Waals surface area contributed by atoms with Crippen LogP contribution in [0.4, 0.5) is 0 Å². The van der Waals surface area contributed by atoms with Crippen molar-refractivity contribution in [1.29, 1.82) is 0 Å². The highest BCUT2D eigenvalue weighted by atomic mass is 14.9. The molecule has 2 aliphatic rings. The number of rotatable bonds is 2. The second kappa shape index (κ2) is 9.64. The van der Waals surface area contributed by atoms with Gasteiger partial charge in [-0.2, -0.15) is 0 Å². The number of benzene rings is 5. The lowest BCUT2D eigenvalue weighted by Crippen LogP contribution is -2.31. The average molecular weight is 537 g/mol. The van der Waals surface area contributed by atoms with E-state index in [2.05, 4.69) is 140 Å². The molecule has 0 N–H and O–H groups in total. The van der Waals surface area contributed by atoms with Crippen molar-refractivity contribution in [1.82, 2.24) is 9.97 Å². The smallest absolute Gasteiger partial charge is 0.160 e. The molecule has 1 spiro atoms. The normalized spacial score (nSPS) is 18.4. The molecule has 1 atom stereocenters. The maximum Gasteiger partial charge on any atom is 0.160 e. The number of aromatic nitrogens is 2. The van der Waals surface area contributed by atoms with Gasteiger partial charge < -0.3 is 0 Å². The van der Waals surface area contributed by atoms with Crippen LogP contribution in [-0.4, -0.2) is 9.97 Å². The molecule has 0 amide bonds. The summed E-state index contributed by atoms with van der Waals surface area (Å²) in [7, 11) is 0. The molecule has 8 rings (SSSR count). The molecule has 0 saturated heterocycles. The third-order valence-electron chi connectivity index (χ3n) is 8.73. The molecule has 0 bridgehead atoms. The summed E-state index contributed by atoms with van der Waals surface area (Å²) >= 11 is 0. The molecule has 1 heterocycles. The van der Waals surface area contributed by atoms with Gasteiger partial charge in [0.25, 0.3) is 0 Å². The average Bonchev–Trinajstić information content (AvgIpc) is 3.38. The number of hydrogen-bond donors (Lipinski definition) is 0. The van der Waals surface area contributed by atoms with E-state index in [1.54, 1.807) is 0 Å². The second-order valence-electron chi connectivity index (χ2n) is 11.0. The minimum absolute atomic E-state index is 0.670. The number of nitrogens with zero attached hydrogens (tertiary/aromatic N) is 2. The van der Waals surface area contributed by atoms with Crippen molar-refractivity contribution in [3.8, 4) is 33.8 Å². The largest absolute Gasteiger partial charge is 0.231 e. The Morgan fingerprint density at radius 1 is 0.619 bits per heavy atom. The van der Waals surface area contributed by atoms with E-state index >= 15 is 0 Å². The predicted octanol–water partition coefficient (Wildman–Crippen LogP) is 9.50. The van der Waals surface area contributed by atoms with Crippen LogP contribution in [0, 0.1) is 0 Å². The van der Waals surface area contributed by atoms with Crippen LogP contribution in [0.15, 0.2) is 158 Å². The van der Waals surface area contributed by atoms with Gasteiger partial charge in [0.2, 0.25) is 0 Å². The third kappa shape index (κ3) is 3.52. The molecular formula is C40H28N2. The van der Waals surface area contributed by atoms with Crippen LogP contribution in [0.25, 0.3) is 44.5 Å². The van der Waals surface area contributed by atoms with Crippen molar-refractivity contribution in [2.45, 2.75) is 11.8 Å². The van der Waals surface area contributed by atoms with E-state index in [1.807, 2.05) is 6.07 Å². The van der Waals surface area contributed by atoms with Crippen LogP contribution in [0.2, 0.25) is 0 Å². The minimum atomic E-state index is -0.670. The maximum absolute atomic E-state index is 5.51. The van der Waals surface area contributed by atoms with Crippen molar-refractivity contribution in [3.05, 3.63) is 180 Å². The van der Waals surface area contributed by atoms with Crippen molar-refractivity contribution < 1.29 is 0 Å². The SMILES string of the molecule is C=C1/C=C\C=C/Cc2ccccc2C12c1ccccc1-c1c(-c3cccc4ccccc34)nc(-c3ccccc3)nc12. The molecule has 2 heteroatoms. The lowest BCUT2D eigenvalue weighted by atomic mass is 9.67. The molecule has 5 aromatic carbocycles. The van der Waals surface area contributed by atoms with Crippen molar-refractivity contribution in [2.24, 2.45) is 0 Å². The quantitative estimate of drug-likeness (QED) is 0.220. The van der Waals surface area contributed by atoms with Gasteiger partial charge in [0, 0.05) is 16.7 Å². The van der Waals surface area contributed by atoms with E-state index < -0.39 is 5.41 Å². The lowest BCUT2D eigenvalue weighted by molar-refractivity contribution is 0.729. The van der Waals surface area contributed by atoms with Crippen LogP contribution in [0.5, 0.6) is 0 Å². The van der Waals surface area contributed by atoms with Crippen LogP contribution < -0.4 is 0 Å². The monoisotopic (exact) mass is 536 g/mol. The maximum atomic E-state index is 5.51. The highest BCUT2D eigenvalue weighted by molar-refractivity contribution is 6.02. The molecule has 42 heavy (non-hydrogen) atoms. The highest BCUT2D eigenvalue weighted by Gasteiger charge is 2.50. The van der Waals surface area contributed by atoms with Crippen LogP contribution in [0.3, 0.4) is 0 Å². The van der Waals surface area contributed by atoms with Crippen LogP contribution >= 0.6 is 0 Å². The fraction of sp³-hybridized carbons (Fsp3) is 0.0500. The topological polar surface area (TPSA) is 25.8 Å². The Bertz CT molecular complexity index is 2080. The van der Waals surface area contributed by atoms with Gasteiger partial charge in [-0.1, -0.05) is 152 Å². The Balaban J connectivity index is 1.57. The molecule has 198 valence electrons. The highest BCUT2D eigenvalue weighted by Crippen LogP contribution is 2.58. The molecule has 0 fully saturated rings. The van der Waals surface area contributed by atoms with E-state index in [0.29, 0.717) is 0 Å². The summed E-state index contributed by atoms with van der Waals surface area (Å²) in [6.07, 6.45) is 9.45. The molecule has 6 aromatic rings. The van der Waals surface area contributed by atoms with E-state index in [-0.39, 0.29) is 0 Å². The summed E-state index contributed by atoms with van der Waals surface area (Å²) in [5, 5.41) is 2.37. The molecule has 0 saturated carbocycles. The molecule has 0 radical (unpaired) electrons. The lowest BCUT2D eigenvalue weighted by Gasteiger charge is -2.34. The summed E-state index contributed by atoms with van der Waals surface area (Å²) in [4.78, 5) is 10.9.